The predicted molar refractivity (Wildman–Crippen MR) is 128 cm³/mol. The second kappa shape index (κ2) is 6.74. The van der Waals surface area contributed by atoms with E-state index in [4.69, 9.17) is 0 Å². The van der Waals surface area contributed by atoms with Gasteiger partial charge in [0.2, 0.25) is 0 Å². The maximum absolute atomic E-state index is 11.8. The molecule has 0 heterocycles. The van der Waals surface area contributed by atoms with Crippen LogP contribution >= 0.6 is 0 Å². The van der Waals surface area contributed by atoms with E-state index in [2.05, 4.69) is 34.6 Å². The van der Waals surface area contributed by atoms with E-state index in [1.54, 1.807) is 0 Å². The molecule has 5 aliphatic carbocycles. The lowest BCUT2D eigenvalue weighted by Gasteiger charge is -2.69. The molecule has 0 aromatic carbocycles. The van der Waals surface area contributed by atoms with Crippen molar-refractivity contribution in [3.8, 4) is 0 Å². The lowest BCUT2D eigenvalue weighted by molar-refractivity contribution is -0.236. The summed E-state index contributed by atoms with van der Waals surface area (Å²) in [6.07, 6.45) is 12.6. The molecule has 0 spiro atoms. The highest BCUT2D eigenvalue weighted by Crippen LogP contribution is 2.74. The van der Waals surface area contributed by atoms with Crippen LogP contribution < -0.4 is 0 Å². The van der Waals surface area contributed by atoms with Crippen molar-refractivity contribution in [2.75, 3.05) is 0 Å². The molecule has 0 amide bonds. The smallest absolute Gasteiger partial charge is 0.0622 e. The molecule has 0 bridgehead atoms. The minimum atomic E-state index is -0.633. The molecule has 5 saturated carbocycles. The first kappa shape index (κ1) is 22.7. The normalized spacial score (nSPS) is 56.2. The molecule has 0 saturated heterocycles. The molecule has 5 aliphatic rings. The maximum Gasteiger partial charge on any atom is 0.0622 e. The molecule has 178 valence electrons. The summed E-state index contributed by atoms with van der Waals surface area (Å²) in [6.45, 7) is 16.8. The van der Waals surface area contributed by atoms with Crippen LogP contribution in [0.4, 0.5) is 0 Å². The van der Waals surface area contributed by atoms with E-state index in [0.29, 0.717) is 34.5 Å². The average molecular weight is 431 g/mol. The van der Waals surface area contributed by atoms with Gasteiger partial charge in [-0.25, -0.2) is 0 Å². The number of fused-ring (bicyclic) bond motifs is 7. The SMILES string of the molecule is CC1(C)CCC[C@]2(C)C3CCC4[C@@]5(C)CC[C@H](C(C)(C)O)C5C[C@H](O)[C@@]4(C)C3CCC12. The van der Waals surface area contributed by atoms with Gasteiger partial charge in [-0.1, -0.05) is 41.0 Å². The highest BCUT2D eigenvalue weighted by atomic mass is 16.3. The molecular weight excluding hydrogens is 380 g/mol. The van der Waals surface area contributed by atoms with Gasteiger partial charge in [0.1, 0.15) is 0 Å². The maximum atomic E-state index is 11.8. The summed E-state index contributed by atoms with van der Waals surface area (Å²) in [5.74, 6) is 3.73. The molecule has 2 nitrogen and oxygen atoms in total. The van der Waals surface area contributed by atoms with E-state index in [0.717, 1.165) is 24.7 Å². The summed E-state index contributed by atoms with van der Waals surface area (Å²) >= 11 is 0. The molecule has 2 heteroatoms. The van der Waals surface area contributed by atoms with Crippen molar-refractivity contribution < 1.29 is 10.2 Å². The highest BCUT2D eigenvalue weighted by Gasteiger charge is 2.69. The Balaban J connectivity index is 1.51. The van der Waals surface area contributed by atoms with Crippen LogP contribution in [0.3, 0.4) is 0 Å². The van der Waals surface area contributed by atoms with E-state index < -0.39 is 5.60 Å². The zero-order chi connectivity index (χ0) is 22.6. The Kier molecular flexibility index (Phi) is 4.94. The predicted octanol–water partition coefficient (Wildman–Crippen LogP) is 6.83. The Hall–Kier alpha value is -0.0800. The van der Waals surface area contributed by atoms with Gasteiger partial charge in [0.15, 0.2) is 0 Å². The van der Waals surface area contributed by atoms with Crippen LogP contribution in [-0.4, -0.2) is 21.9 Å². The third kappa shape index (κ3) is 2.88. The Labute approximate surface area is 192 Å². The molecule has 0 radical (unpaired) electrons. The van der Waals surface area contributed by atoms with Crippen LogP contribution in [0.1, 0.15) is 113 Å². The number of hydrogen-bond acceptors (Lipinski definition) is 2. The number of hydrogen-bond donors (Lipinski definition) is 2. The molecular formula is C29H50O2. The van der Waals surface area contributed by atoms with Crippen LogP contribution in [-0.2, 0) is 0 Å². The number of rotatable bonds is 1. The Bertz CT molecular complexity index is 721. The fourth-order valence-corrected chi connectivity index (χ4v) is 11.6. The van der Waals surface area contributed by atoms with Crippen LogP contribution in [0, 0.1) is 57.2 Å². The van der Waals surface area contributed by atoms with E-state index in [9.17, 15) is 10.2 Å². The van der Waals surface area contributed by atoms with Gasteiger partial charge in [0, 0.05) is 0 Å². The van der Waals surface area contributed by atoms with Gasteiger partial charge < -0.3 is 10.2 Å². The highest BCUT2D eigenvalue weighted by molar-refractivity contribution is 5.18. The van der Waals surface area contributed by atoms with Crippen LogP contribution in [0.25, 0.3) is 0 Å². The van der Waals surface area contributed by atoms with E-state index in [1.165, 1.54) is 51.4 Å². The zero-order valence-electron chi connectivity index (χ0n) is 21.5. The monoisotopic (exact) mass is 430 g/mol. The summed E-state index contributed by atoms with van der Waals surface area (Å²) in [7, 11) is 0. The van der Waals surface area contributed by atoms with Gasteiger partial charge in [-0.05, 0) is 129 Å². The molecule has 0 aromatic rings. The second-order valence-corrected chi connectivity index (χ2v) is 14.8. The summed E-state index contributed by atoms with van der Waals surface area (Å²) in [5, 5.41) is 22.8. The van der Waals surface area contributed by atoms with Crippen molar-refractivity contribution in [1.82, 2.24) is 0 Å². The quantitative estimate of drug-likeness (QED) is 0.478. The van der Waals surface area contributed by atoms with Crippen molar-refractivity contribution in [3.63, 3.8) is 0 Å². The first-order chi connectivity index (χ1) is 14.3. The molecule has 5 fully saturated rings. The molecule has 0 aromatic heterocycles. The van der Waals surface area contributed by atoms with Crippen molar-refractivity contribution in [2.24, 2.45) is 57.2 Å². The van der Waals surface area contributed by atoms with Crippen molar-refractivity contribution in [1.29, 1.82) is 0 Å². The average Bonchev–Trinajstić information content (AvgIpc) is 2.99. The number of aliphatic hydroxyl groups is 2. The summed E-state index contributed by atoms with van der Waals surface area (Å²) in [6, 6.07) is 0. The lowest BCUT2D eigenvalue weighted by Crippen LogP contribution is -2.65. The van der Waals surface area contributed by atoms with Gasteiger partial charge in [-0.2, -0.15) is 0 Å². The van der Waals surface area contributed by atoms with Gasteiger partial charge >= 0.3 is 0 Å². The zero-order valence-corrected chi connectivity index (χ0v) is 21.5. The van der Waals surface area contributed by atoms with Gasteiger partial charge in [0.05, 0.1) is 11.7 Å². The van der Waals surface area contributed by atoms with Crippen molar-refractivity contribution in [2.45, 2.75) is 124 Å². The second-order valence-electron chi connectivity index (χ2n) is 14.8. The number of aliphatic hydroxyl groups excluding tert-OH is 1. The van der Waals surface area contributed by atoms with E-state index in [-0.39, 0.29) is 16.9 Å². The summed E-state index contributed by atoms with van der Waals surface area (Å²) in [5.41, 5.74) is 0.641. The summed E-state index contributed by atoms with van der Waals surface area (Å²) < 4.78 is 0. The van der Waals surface area contributed by atoms with Gasteiger partial charge in [-0.3, -0.25) is 0 Å². The van der Waals surface area contributed by atoms with Gasteiger partial charge in [0.25, 0.3) is 0 Å². The topological polar surface area (TPSA) is 40.5 Å². The lowest BCUT2D eigenvalue weighted by atomic mass is 9.36. The molecule has 5 rings (SSSR count). The van der Waals surface area contributed by atoms with Crippen LogP contribution in [0.2, 0.25) is 0 Å². The van der Waals surface area contributed by atoms with Crippen LogP contribution in [0.15, 0.2) is 0 Å². The third-order valence-corrected chi connectivity index (χ3v) is 12.9. The molecule has 0 aliphatic heterocycles. The Morgan fingerprint density at radius 1 is 0.710 bits per heavy atom. The standard InChI is InChI=1S/C29H50O2/c1-25(2)14-8-15-27(5)19-9-12-23-28(6)16-13-18(26(3,4)31)21(28)17-24(30)29(23,7)20(19)10-11-22(25)27/h18-24,30-31H,8-17H2,1-7H3/t18-,19?,20?,21?,22?,23?,24-,27+,28-,29-/m0/s1. The van der Waals surface area contributed by atoms with Gasteiger partial charge in [-0.15, -0.1) is 0 Å². The Morgan fingerprint density at radius 2 is 1.32 bits per heavy atom. The minimum Gasteiger partial charge on any atom is -0.393 e. The minimum absolute atomic E-state index is 0.0538. The molecule has 5 unspecified atom stereocenters. The fourth-order valence-electron chi connectivity index (χ4n) is 11.6. The largest absolute Gasteiger partial charge is 0.393 e. The van der Waals surface area contributed by atoms with Crippen molar-refractivity contribution >= 4 is 0 Å². The first-order valence-corrected chi connectivity index (χ1v) is 13.7. The summed E-state index contributed by atoms with van der Waals surface area (Å²) in [4.78, 5) is 0. The van der Waals surface area contributed by atoms with E-state index >= 15 is 0 Å². The van der Waals surface area contributed by atoms with Crippen LogP contribution in [0.5, 0.6) is 0 Å². The molecule has 31 heavy (non-hydrogen) atoms. The van der Waals surface area contributed by atoms with E-state index in [1.807, 2.05) is 13.8 Å². The molecule has 2 N–H and O–H groups in total. The fraction of sp³-hybridized carbons (Fsp3) is 1.00. The molecule has 10 atom stereocenters. The first-order valence-electron chi connectivity index (χ1n) is 13.7. The Morgan fingerprint density at radius 3 is 2.00 bits per heavy atom. The van der Waals surface area contributed by atoms with Crippen molar-refractivity contribution in [3.05, 3.63) is 0 Å². The third-order valence-electron chi connectivity index (χ3n) is 12.9.